The number of urea groups is 1. The van der Waals surface area contributed by atoms with Crippen LogP contribution in [-0.4, -0.2) is 52.7 Å². The Balaban J connectivity index is 2.39. The summed E-state index contributed by atoms with van der Waals surface area (Å²) < 4.78 is 0. The van der Waals surface area contributed by atoms with Crippen LogP contribution in [0.1, 0.15) is 0 Å². The Hall–Kier alpha value is -1.56. The fourth-order valence-corrected chi connectivity index (χ4v) is 1.42. The van der Waals surface area contributed by atoms with Crippen molar-refractivity contribution in [2.24, 2.45) is 4.99 Å². The molecule has 1 N–H and O–H groups in total. The van der Waals surface area contributed by atoms with Gasteiger partial charge in [0, 0.05) is 20.3 Å². The number of rotatable bonds is 0. The van der Waals surface area contributed by atoms with Gasteiger partial charge in [0.1, 0.15) is 12.0 Å². The van der Waals surface area contributed by atoms with Crippen molar-refractivity contribution in [1.29, 1.82) is 0 Å². The van der Waals surface area contributed by atoms with Gasteiger partial charge >= 0.3 is 6.03 Å². The van der Waals surface area contributed by atoms with Crippen LogP contribution in [0.4, 0.5) is 4.79 Å². The molecule has 6 heteroatoms. The molecule has 1 atom stereocenters. The third-order valence-electron chi connectivity index (χ3n) is 2.14. The van der Waals surface area contributed by atoms with E-state index in [1.54, 1.807) is 20.3 Å². The summed E-state index contributed by atoms with van der Waals surface area (Å²) in [7, 11) is 3.28. The number of hydrogen-bond donors (Lipinski definition) is 1. The maximum absolute atomic E-state index is 11.4. The zero-order chi connectivity index (χ0) is 9.59. The molecule has 0 radical (unpaired) electrons. The summed E-state index contributed by atoms with van der Waals surface area (Å²) in [5, 5.41) is 10.2. The zero-order valence-electron chi connectivity index (χ0n) is 7.38. The minimum absolute atomic E-state index is 0.138. The van der Waals surface area contributed by atoms with Crippen molar-refractivity contribution < 1.29 is 10.0 Å². The molecule has 0 fully saturated rings. The normalized spacial score (nSPS) is 26.7. The minimum atomic E-state index is -0.381. The number of hydroxylamine groups is 2. The Kier molecular flexibility index (Phi) is 1.53. The predicted octanol–water partition coefficient (Wildman–Crippen LogP) is -0.116. The highest BCUT2D eigenvalue weighted by Crippen LogP contribution is 2.23. The molecule has 0 aliphatic carbocycles. The first-order valence-electron chi connectivity index (χ1n) is 3.84. The quantitative estimate of drug-likeness (QED) is 0.568. The monoisotopic (exact) mass is 182 g/mol. The van der Waals surface area contributed by atoms with Crippen LogP contribution in [0.25, 0.3) is 0 Å². The summed E-state index contributed by atoms with van der Waals surface area (Å²) in [5.74, 6) is 0. The maximum Gasteiger partial charge on any atom is 0.325 e. The fraction of sp³-hybridized carbons (Fsp3) is 0.429. The first-order valence-corrected chi connectivity index (χ1v) is 3.84. The molecular formula is C7H10N4O2. The first-order chi connectivity index (χ1) is 6.11. The van der Waals surface area contributed by atoms with Gasteiger partial charge in [-0.1, -0.05) is 0 Å². The molecule has 13 heavy (non-hydrogen) atoms. The Bertz CT molecular complexity index is 312. The molecule has 70 valence electrons. The van der Waals surface area contributed by atoms with E-state index in [9.17, 15) is 10.0 Å². The van der Waals surface area contributed by atoms with Gasteiger partial charge in [0.25, 0.3) is 0 Å². The number of hydrogen-bond acceptors (Lipinski definition) is 4. The summed E-state index contributed by atoms with van der Waals surface area (Å²) in [5.41, 5.74) is 0.588. The van der Waals surface area contributed by atoms with Gasteiger partial charge in [-0.25, -0.2) is 14.9 Å². The molecule has 2 heterocycles. The maximum atomic E-state index is 11.4. The van der Waals surface area contributed by atoms with Crippen LogP contribution >= 0.6 is 0 Å². The van der Waals surface area contributed by atoms with E-state index >= 15 is 0 Å². The molecule has 0 bridgehead atoms. The van der Waals surface area contributed by atoms with E-state index < -0.39 is 0 Å². The average molecular weight is 182 g/mol. The summed E-state index contributed by atoms with van der Waals surface area (Å²) >= 11 is 0. The second-order valence-electron chi connectivity index (χ2n) is 3.04. The molecule has 0 saturated carbocycles. The number of carbonyl (C=O) groups is 1. The predicted molar refractivity (Wildman–Crippen MR) is 44.9 cm³/mol. The van der Waals surface area contributed by atoms with Gasteiger partial charge in [-0.2, -0.15) is 0 Å². The van der Waals surface area contributed by atoms with Gasteiger partial charge in [-0.3, -0.25) is 10.1 Å². The topological polar surface area (TPSA) is 59.4 Å². The number of likely N-dealkylation sites (N-methyl/N-ethyl adjacent to an activating group) is 1. The number of amides is 2. The zero-order valence-corrected chi connectivity index (χ0v) is 7.38. The minimum Gasteiger partial charge on any atom is -0.302 e. The van der Waals surface area contributed by atoms with Crippen molar-refractivity contribution >= 4 is 12.4 Å². The summed E-state index contributed by atoms with van der Waals surface area (Å²) in [4.78, 5) is 18.2. The average Bonchev–Trinajstić information content (AvgIpc) is 2.45. The molecule has 0 spiro atoms. The van der Waals surface area contributed by atoms with Crippen LogP contribution in [0.3, 0.4) is 0 Å². The molecule has 0 aromatic rings. The molecule has 0 aromatic carbocycles. The Labute approximate surface area is 75.3 Å². The van der Waals surface area contributed by atoms with Gasteiger partial charge in [0.05, 0.1) is 0 Å². The van der Waals surface area contributed by atoms with Crippen LogP contribution < -0.4 is 0 Å². The smallest absolute Gasteiger partial charge is 0.302 e. The van der Waals surface area contributed by atoms with Crippen molar-refractivity contribution in [1.82, 2.24) is 14.9 Å². The lowest BCUT2D eigenvalue weighted by molar-refractivity contribution is 0.0198. The van der Waals surface area contributed by atoms with E-state index in [4.69, 9.17) is 0 Å². The second-order valence-corrected chi connectivity index (χ2v) is 3.04. The lowest BCUT2D eigenvalue weighted by Crippen LogP contribution is -2.47. The Morgan fingerprint density at radius 3 is 2.92 bits per heavy atom. The lowest BCUT2D eigenvalue weighted by Gasteiger charge is -2.32. The molecule has 0 aromatic heterocycles. The fourth-order valence-electron chi connectivity index (χ4n) is 1.42. The first kappa shape index (κ1) is 8.06. The van der Waals surface area contributed by atoms with Crippen LogP contribution in [0.5, 0.6) is 0 Å². The Morgan fingerprint density at radius 2 is 2.23 bits per heavy atom. The highest BCUT2D eigenvalue weighted by atomic mass is 16.5. The van der Waals surface area contributed by atoms with Crippen molar-refractivity contribution in [2.45, 2.75) is 6.17 Å². The molecule has 2 aliphatic rings. The third kappa shape index (κ3) is 0.988. The van der Waals surface area contributed by atoms with Crippen molar-refractivity contribution in [3.63, 3.8) is 0 Å². The van der Waals surface area contributed by atoms with Gasteiger partial charge < -0.3 is 4.90 Å². The van der Waals surface area contributed by atoms with Crippen molar-refractivity contribution in [3.8, 4) is 0 Å². The molecule has 2 amide bonds. The van der Waals surface area contributed by atoms with Gasteiger partial charge in [0.15, 0.2) is 6.17 Å². The summed E-state index contributed by atoms with van der Waals surface area (Å²) in [6.45, 7) is 0. The number of carbonyl (C=O) groups excluding carboxylic acids is 1. The van der Waals surface area contributed by atoms with E-state index in [0.29, 0.717) is 5.70 Å². The molecule has 2 rings (SSSR count). The molecular weight excluding hydrogens is 172 g/mol. The van der Waals surface area contributed by atoms with Gasteiger partial charge in [-0.15, -0.1) is 0 Å². The number of nitrogens with zero attached hydrogens (tertiary/aromatic N) is 4. The molecule has 1 unspecified atom stereocenters. The van der Waals surface area contributed by atoms with E-state index in [1.165, 1.54) is 16.1 Å². The standard InChI is InChI=1S/C7H10N4O2/c1-9-3-5-6(8-4-11(5)13)10(2)7(9)12/h3-4,6,13H,1-2H3. The number of aliphatic imine (C=N–C) groups is 1. The third-order valence-corrected chi connectivity index (χ3v) is 2.14. The van der Waals surface area contributed by atoms with E-state index in [-0.39, 0.29) is 12.2 Å². The second kappa shape index (κ2) is 2.46. The summed E-state index contributed by atoms with van der Waals surface area (Å²) in [6.07, 6.45) is 2.48. The largest absolute Gasteiger partial charge is 0.325 e. The highest BCUT2D eigenvalue weighted by molar-refractivity contribution is 5.79. The van der Waals surface area contributed by atoms with Crippen molar-refractivity contribution in [3.05, 3.63) is 11.9 Å². The van der Waals surface area contributed by atoms with Crippen LogP contribution in [-0.2, 0) is 0 Å². The van der Waals surface area contributed by atoms with Crippen LogP contribution in [0.15, 0.2) is 16.9 Å². The Morgan fingerprint density at radius 1 is 1.54 bits per heavy atom. The van der Waals surface area contributed by atoms with E-state index in [2.05, 4.69) is 4.99 Å². The summed E-state index contributed by atoms with van der Waals surface area (Å²) in [6, 6.07) is -0.138. The molecule has 2 aliphatic heterocycles. The number of fused-ring (bicyclic) bond motifs is 1. The SMILES string of the molecule is CN1C=C2C(N=CN2O)N(C)C1=O. The lowest BCUT2D eigenvalue weighted by atomic mass is 10.3. The van der Waals surface area contributed by atoms with Gasteiger partial charge in [0.2, 0.25) is 0 Å². The van der Waals surface area contributed by atoms with E-state index in [1.807, 2.05) is 0 Å². The van der Waals surface area contributed by atoms with E-state index in [0.717, 1.165) is 5.06 Å². The highest BCUT2D eigenvalue weighted by Gasteiger charge is 2.35. The molecule has 6 nitrogen and oxygen atoms in total. The van der Waals surface area contributed by atoms with Crippen molar-refractivity contribution in [2.75, 3.05) is 14.1 Å². The van der Waals surface area contributed by atoms with Crippen LogP contribution in [0, 0.1) is 0 Å². The van der Waals surface area contributed by atoms with Crippen LogP contribution in [0.2, 0.25) is 0 Å². The molecule has 0 saturated heterocycles. The van der Waals surface area contributed by atoms with Gasteiger partial charge in [-0.05, 0) is 0 Å².